The zero-order valence-electron chi connectivity index (χ0n) is 17.3. The van der Waals surface area contributed by atoms with Crippen LogP contribution in [0.2, 0.25) is 0 Å². The van der Waals surface area contributed by atoms with Crippen LogP contribution in [-0.4, -0.2) is 24.5 Å². The summed E-state index contributed by atoms with van der Waals surface area (Å²) >= 11 is 0. The summed E-state index contributed by atoms with van der Waals surface area (Å²) in [6.45, 7) is 0. The Kier molecular flexibility index (Phi) is 4.82. The summed E-state index contributed by atoms with van der Waals surface area (Å²) in [5.74, 6) is -1.09. The molecule has 0 unspecified atom stereocenters. The third kappa shape index (κ3) is 3.08. The fraction of sp³-hybridized carbons (Fsp3) is 0.115. The van der Waals surface area contributed by atoms with Crippen LogP contribution >= 0.6 is 0 Å². The number of methoxy groups -OCH3 is 1. The molecule has 2 aliphatic rings. The van der Waals surface area contributed by atoms with Gasteiger partial charge in [-0.2, -0.15) is 0 Å². The van der Waals surface area contributed by atoms with E-state index in [4.69, 9.17) is 9.57 Å². The lowest BCUT2D eigenvalue weighted by Gasteiger charge is -2.26. The Labute approximate surface area is 185 Å². The van der Waals surface area contributed by atoms with Crippen LogP contribution < -0.4 is 10.1 Å². The normalized spacial score (nSPS) is 21.2. The molecule has 0 fully saturated rings. The average Bonchev–Trinajstić information content (AvgIpc) is 3.36. The number of allylic oxidation sites excluding steroid dienone is 1. The second-order valence-electron chi connectivity index (χ2n) is 7.62. The molecule has 2 atom stereocenters. The van der Waals surface area contributed by atoms with Crippen molar-refractivity contribution >= 4 is 29.2 Å². The van der Waals surface area contributed by atoms with E-state index in [1.54, 1.807) is 49.6 Å². The Morgan fingerprint density at radius 2 is 1.81 bits per heavy atom. The Morgan fingerprint density at radius 3 is 2.62 bits per heavy atom. The van der Waals surface area contributed by atoms with Crippen LogP contribution in [0.1, 0.15) is 21.5 Å². The average molecular weight is 424 g/mol. The maximum Gasteiger partial charge on any atom is 0.277 e. The van der Waals surface area contributed by atoms with Gasteiger partial charge in [-0.05, 0) is 29.8 Å². The largest absolute Gasteiger partial charge is 0.497 e. The van der Waals surface area contributed by atoms with E-state index in [1.165, 1.54) is 0 Å². The molecule has 158 valence electrons. The molecule has 5 rings (SSSR count). The number of para-hydroxylation sites is 1. The minimum Gasteiger partial charge on any atom is -0.497 e. The molecule has 32 heavy (non-hydrogen) atoms. The molecule has 3 aromatic rings. The zero-order valence-corrected chi connectivity index (χ0v) is 17.3. The fourth-order valence-electron chi connectivity index (χ4n) is 4.20. The number of rotatable bonds is 5. The summed E-state index contributed by atoms with van der Waals surface area (Å²) in [6.07, 6.45) is 3.59. The first-order chi connectivity index (χ1) is 15.6. The lowest BCUT2D eigenvalue weighted by Crippen LogP contribution is -2.46. The highest BCUT2D eigenvalue weighted by atomic mass is 16.7. The number of nitrogens with zero attached hydrogens (tertiary/aromatic N) is 1. The van der Waals surface area contributed by atoms with Crippen LogP contribution in [0.5, 0.6) is 5.75 Å². The molecule has 2 heterocycles. The van der Waals surface area contributed by atoms with Crippen LogP contribution in [0.4, 0.5) is 5.69 Å². The van der Waals surface area contributed by atoms with E-state index in [2.05, 4.69) is 10.5 Å². The summed E-state index contributed by atoms with van der Waals surface area (Å²) in [5, 5.41) is 7.07. The summed E-state index contributed by atoms with van der Waals surface area (Å²) in [7, 11) is 1.54. The molecule has 0 aliphatic carbocycles. The van der Waals surface area contributed by atoms with Crippen molar-refractivity contribution < 1.29 is 19.2 Å². The second-order valence-corrected chi connectivity index (χ2v) is 7.62. The van der Waals surface area contributed by atoms with Gasteiger partial charge in [0.15, 0.2) is 5.78 Å². The van der Waals surface area contributed by atoms with Crippen LogP contribution in [0, 0.1) is 5.92 Å². The first-order valence-electron chi connectivity index (χ1n) is 10.2. The quantitative estimate of drug-likeness (QED) is 0.615. The second kappa shape index (κ2) is 7.81. The van der Waals surface area contributed by atoms with Gasteiger partial charge in [-0.15, -0.1) is 0 Å². The number of carbonyl (C=O) groups excluding carboxylic acids is 2. The van der Waals surface area contributed by atoms with Gasteiger partial charge < -0.3 is 14.9 Å². The highest BCUT2D eigenvalue weighted by Gasteiger charge is 2.62. The number of oxime groups is 1. The number of amides is 1. The molecule has 0 saturated carbocycles. The van der Waals surface area contributed by atoms with Gasteiger partial charge in [0.25, 0.3) is 11.5 Å². The third-order valence-corrected chi connectivity index (χ3v) is 5.77. The van der Waals surface area contributed by atoms with Gasteiger partial charge in [0, 0.05) is 16.8 Å². The topological polar surface area (TPSA) is 77.0 Å². The lowest BCUT2D eigenvalue weighted by atomic mass is 9.75. The molecule has 1 amide bonds. The minimum absolute atomic E-state index is 0.273. The number of ketones is 1. The first kappa shape index (κ1) is 19.8. The van der Waals surface area contributed by atoms with E-state index in [0.717, 1.165) is 5.56 Å². The van der Waals surface area contributed by atoms with Crippen molar-refractivity contribution in [1.29, 1.82) is 0 Å². The fourth-order valence-corrected chi connectivity index (χ4v) is 4.20. The van der Waals surface area contributed by atoms with E-state index in [-0.39, 0.29) is 5.78 Å². The van der Waals surface area contributed by atoms with Crippen LogP contribution in [0.25, 0.3) is 6.08 Å². The SMILES string of the molecule is COc1cccc(C(=O)[C@H]2C(/C=C/c3ccccc3)=NO[C@@]23C(=O)Nc2ccccc23)c1. The molecule has 3 aromatic carbocycles. The Bertz CT molecular complexity index is 1270. The number of carbonyl (C=O) groups is 2. The summed E-state index contributed by atoms with van der Waals surface area (Å²) in [6, 6.07) is 23.7. The first-order valence-corrected chi connectivity index (χ1v) is 10.2. The smallest absolute Gasteiger partial charge is 0.277 e. The molecule has 6 nitrogen and oxygen atoms in total. The highest BCUT2D eigenvalue weighted by molar-refractivity contribution is 6.24. The van der Waals surface area contributed by atoms with Crippen molar-refractivity contribution in [2.45, 2.75) is 5.60 Å². The van der Waals surface area contributed by atoms with E-state index < -0.39 is 17.4 Å². The number of anilines is 1. The Hall–Kier alpha value is -4.19. The molecule has 0 bridgehead atoms. The van der Waals surface area contributed by atoms with E-state index in [1.807, 2.05) is 48.5 Å². The maximum absolute atomic E-state index is 13.8. The van der Waals surface area contributed by atoms with Crippen LogP contribution in [0.3, 0.4) is 0 Å². The van der Waals surface area contributed by atoms with Crippen LogP contribution in [0.15, 0.2) is 90.1 Å². The van der Waals surface area contributed by atoms with Gasteiger partial charge in [0.1, 0.15) is 11.7 Å². The monoisotopic (exact) mass is 424 g/mol. The van der Waals surface area contributed by atoms with E-state index in [9.17, 15) is 9.59 Å². The van der Waals surface area contributed by atoms with Crippen LogP contribution in [-0.2, 0) is 15.2 Å². The molecule has 1 spiro atoms. The van der Waals surface area contributed by atoms with Gasteiger partial charge in [-0.25, -0.2) is 0 Å². The van der Waals surface area contributed by atoms with Gasteiger partial charge in [0.2, 0.25) is 0 Å². The molecule has 6 heteroatoms. The van der Waals surface area contributed by atoms with E-state index >= 15 is 0 Å². The molecular formula is C26H20N2O4. The molecule has 0 radical (unpaired) electrons. The molecular weight excluding hydrogens is 404 g/mol. The summed E-state index contributed by atoms with van der Waals surface area (Å²) < 4.78 is 5.29. The van der Waals surface area contributed by atoms with Gasteiger partial charge in [-0.1, -0.05) is 71.9 Å². The van der Waals surface area contributed by atoms with Crippen molar-refractivity contribution in [3.63, 3.8) is 0 Å². The van der Waals surface area contributed by atoms with E-state index in [0.29, 0.717) is 28.3 Å². The standard InChI is InChI=1S/C26H20N2O4/c1-31-19-11-7-10-18(16-19)24(29)23-22(15-14-17-8-3-2-4-9-17)28-32-26(23)20-12-5-6-13-21(20)27-25(26)30/h2-16,23H,1H3,(H,27,30)/b15-14+/t23-,26-/m1/s1. The van der Waals surface area contributed by atoms with Crippen molar-refractivity contribution in [3.05, 3.63) is 102 Å². The lowest BCUT2D eigenvalue weighted by molar-refractivity contribution is -0.140. The number of benzene rings is 3. The van der Waals surface area contributed by atoms with Crippen molar-refractivity contribution in [3.8, 4) is 5.75 Å². The highest BCUT2D eigenvalue weighted by Crippen LogP contribution is 2.49. The number of Topliss-reactive ketones (excluding diaryl/α,β-unsaturated/α-hetero) is 1. The molecule has 1 N–H and O–H groups in total. The number of fused-ring (bicyclic) bond motifs is 2. The Balaban J connectivity index is 1.62. The number of hydrogen-bond acceptors (Lipinski definition) is 5. The molecule has 2 aliphatic heterocycles. The summed E-state index contributed by atoms with van der Waals surface area (Å²) in [4.78, 5) is 32.9. The zero-order chi connectivity index (χ0) is 22.1. The summed E-state index contributed by atoms with van der Waals surface area (Å²) in [5.41, 5.74) is 1.39. The van der Waals surface area contributed by atoms with Crippen molar-refractivity contribution in [1.82, 2.24) is 0 Å². The maximum atomic E-state index is 13.8. The van der Waals surface area contributed by atoms with Gasteiger partial charge in [0.05, 0.1) is 12.8 Å². The number of ether oxygens (including phenoxy) is 1. The number of hydrogen-bond donors (Lipinski definition) is 1. The molecule has 0 aromatic heterocycles. The predicted octanol–water partition coefficient (Wildman–Crippen LogP) is 4.44. The van der Waals surface area contributed by atoms with Crippen molar-refractivity contribution in [2.75, 3.05) is 12.4 Å². The molecule has 0 saturated heterocycles. The van der Waals surface area contributed by atoms with Gasteiger partial charge in [-0.3, -0.25) is 9.59 Å². The minimum atomic E-state index is -1.56. The van der Waals surface area contributed by atoms with Crippen molar-refractivity contribution in [2.24, 2.45) is 11.1 Å². The number of nitrogens with one attached hydrogen (secondary N) is 1. The predicted molar refractivity (Wildman–Crippen MR) is 122 cm³/mol. The Morgan fingerprint density at radius 1 is 1.03 bits per heavy atom. The third-order valence-electron chi connectivity index (χ3n) is 5.77. The van der Waals surface area contributed by atoms with Gasteiger partial charge >= 0.3 is 0 Å².